The second-order valence-electron chi connectivity index (χ2n) is 7.63. The molecular formula is C20H27N3O4S. The number of rotatable bonds is 5. The van der Waals surface area contributed by atoms with Gasteiger partial charge in [-0.1, -0.05) is 37.5 Å². The Hall–Kier alpha value is -2.35. The Morgan fingerprint density at radius 3 is 2.57 bits per heavy atom. The molecule has 1 aliphatic carbocycles. The third-order valence-corrected chi connectivity index (χ3v) is 7.29. The average Bonchev–Trinajstić information content (AvgIpc) is 2.65. The molecule has 1 aliphatic heterocycles. The van der Waals surface area contributed by atoms with Crippen LogP contribution < -0.4 is 10.6 Å². The number of benzene rings is 1. The van der Waals surface area contributed by atoms with Gasteiger partial charge in [-0.3, -0.25) is 13.9 Å². The second kappa shape index (κ2) is 8.34. The van der Waals surface area contributed by atoms with Crippen molar-refractivity contribution in [1.82, 2.24) is 14.9 Å². The number of amides is 2. The summed E-state index contributed by atoms with van der Waals surface area (Å²) in [7, 11) is -3.94. The van der Waals surface area contributed by atoms with Crippen LogP contribution in [0.25, 0.3) is 0 Å². The van der Waals surface area contributed by atoms with Gasteiger partial charge in [0.2, 0.25) is 11.8 Å². The van der Waals surface area contributed by atoms with Gasteiger partial charge >= 0.3 is 0 Å². The molecule has 3 atom stereocenters. The Balaban J connectivity index is 1.77. The van der Waals surface area contributed by atoms with Crippen molar-refractivity contribution < 1.29 is 18.0 Å². The van der Waals surface area contributed by atoms with Gasteiger partial charge in [-0.05, 0) is 37.8 Å². The SMILES string of the molecule is Cc1ccc(S(=O)(=O)N2C=CNC(=O)[C@H]2CC(=O)N[C@H]2CCCC[C@H]2C)cc1. The van der Waals surface area contributed by atoms with E-state index in [4.69, 9.17) is 0 Å². The van der Waals surface area contributed by atoms with E-state index in [2.05, 4.69) is 17.6 Å². The van der Waals surface area contributed by atoms with Gasteiger partial charge in [0.05, 0.1) is 11.3 Å². The number of carbonyl (C=O) groups is 2. The van der Waals surface area contributed by atoms with Crippen LogP contribution in [0.1, 0.15) is 44.6 Å². The van der Waals surface area contributed by atoms with Gasteiger partial charge in [0.25, 0.3) is 10.0 Å². The second-order valence-corrected chi connectivity index (χ2v) is 9.47. The van der Waals surface area contributed by atoms with Crippen LogP contribution in [0, 0.1) is 12.8 Å². The molecule has 1 aromatic rings. The zero-order chi connectivity index (χ0) is 20.3. The van der Waals surface area contributed by atoms with Crippen LogP contribution in [0.2, 0.25) is 0 Å². The van der Waals surface area contributed by atoms with Gasteiger partial charge in [0.1, 0.15) is 6.04 Å². The summed E-state index contributed by atoms with van der Waals surface area (Å²) in [5, 5.41) is 5.50. The average molecular weight is 406 g/mol. The maximum absolute atomic E-state index is 13.0. The highest BCUT2D eigenvalue weighted by molar-refractivity contribution is 7.89. The van der Waals surface area contributed by atoms with E-state index in [9.17, 15) is 18.0 Å². The minimum Gasteiger partial charge on any atom is -0.353 e. The monoisotopic (exact) mass is 405 g/mol. The van der Waals surface area contributed by atoms with Crippen molar-refractivity contribution in [3.63, 3.8) is 0 Å². The van der Waals surface area contributed by atoms with Crippen LogP contribution in [0.5, 0.6) is 0 Å². The van der Waals surface area contributed by atoms with Gasteiger partial charge in [-0.15, -0.1) is 0 Å². The molecule has 28 heavy (non-hydrogen) atoms. The number of nitrogens with zero attached hydrogens (tertiary/aromatic N) is 1. The summed E-state index contributed by atoms with van der Waals surface area (Å²) in [6.45, 7) is 3.97. The summed E-state index contributed by atoms with van der Waals surface area (Å²) in [4.78, 5) is 25.1. The number of sulfonamides is 1. The van der Waals surface area contributed by atoms with Gasteiger partial charge < -0.3 is 10.6 Å². The van der Waals surface area contributed by atoms with E-state index >= 15 is 0 Å². The van der Waals surface area contributed by atoms with Crippen molar-refractivity contribution in [3.8, 4) is 0 Å². The molecule has 0 bridgehead atoms. The lowest BCUT2D eigenvalue weighted by Gasteiger charge is -2.33. The molecule has 0 spiro atoms. The van der Waals surface area contributed by atoms with Crippen LogP contribution >= 0.6 is 0 Å². The van der Waals surface area contributed by atoms with Crippen LogP contribution in [-0.2, 0) is 19.6 Å². The molecule has 0 saturated heterocycles. The maximum Gasteiger partial charge on any atom is 0.264 e. The van der Waals surface area contributed by atoms with Gasteiger partial charge in [0, 0.05) is 18.4 Å². The van der Waals surface area contributed by atoms with Gasteiger partial charge in [0.15, 0.2) is 0 Å². The molecule has 2 aliphatic rings. The molecule has 0 unspecified atom stereocenters. The molecule has 0 aromatic heterocycles. The summed E-state index contributed by atoms with van der Waals surface area (Å²) < 4.78 is 27.1. The lowest BCUT2D eigenvalue weighted by Crippen LogP contribution is -2.52. The number of hydrogen-bond donors (Lipinski definition) is 2. The molecule has 1 saturated carbocycles. The van der Waals surface area contributed by atoms with Crippen molar-refractivity contribution in [3.05, 3.63) is 42.2 Å². The van der Waals surface area contributed by atoms with Crippen LogP contribution in [0.4, 0.5) is 0 Å². The molecule has 1 aromatic carbocycles. The topological polar surface area (TPSA) is 95.6 Å². The lowest BCUT2D eigenvalue weighted by molar-refractivity contribution is -0.130. The van der Waals surface area contributed by atoms with Crippen molar-refractivity contribution in [2.24, 2.45) is 5.92 Å². The fourth-order valence-electron chi connectivity index (χ4n) is 3.74. The molecular weight excluding hydrogens is 378 g/mol. The summed E-state index contributed by atoms with van der Waals surface area (Å²) >= 11 is 0. The first-order valence-electron chi connectivity index (χ1n) is 9.65. The summed E-state index contributed by atoms with van der Waals surface area (Å²) in [6.07, 6.45) is 6.57. The minimum atomic E-state index is -3.94. The Morgan fingerprint density at radius 2 is 1.89 bits per heavy atom. The first-order valence-corrected chi connectivity index (χ1v) is 11.1. The lowest BCUT2D eigenvalue weighted by atomic mass is 9.86. The van der Waals surface area contributed by atoms with Crippen molar-refractivity contribution in [2.75, 3.05) is 0 Å². The predicted octanol–water partition coefficient (Wildman–Crippen LogP) is 2.04. The van der Waals surface area contributed by atoms with E-state index in [0.29, 0.717) is 5.92 Å². The highest BCUT2D eigenvalue weighted by Gasteiger charge is 2.37. The van der Waals surface area contributed by atoms with Crippen molar-refractivity contribution in [2.45, 2.75) is 62.9 Å². The van der Waals surface area contributed by atoms with E-state index in [1.807, 2.05) is 6.92 Å². The van der Waals surface area contributed by atoms with Gasteiger partial charge in [-0.2, -0.15) is 0 Å². The van der Waals surface area contributed by atoms with Crippen LogP contribution in [0.15, 0.2) is 41.6 Å². The van der Waals surface area contributed by atoms with E-state index < -0.39 is 22.0 Å². The normalized spacial score (nSPS) is 25.3. The van der Waals surface area contributed by atoms with Gasteiger partial charge in [-0.25, -0.2) is 8.42 Å². The molecule has 7 nitrogen and oxygen atoms in total. The first-order chi connectivity index (χ1) is 13.3. The van der Waals surface area contributed by atoms with Crippen LogP contribution in [-0.4, -0.2) is 36.6 Å². The Labute approximate surface area is 166 Å². The zero-order valence-electron chi connectivity index (χ0n) is 16.2. The van der Waals surface area contributed by atoms with Crippen molar-refractivity contribution in [1.29, 1.82) is 0 Å². The Bertz CT molecular complexity index is 864. The summed E-state index contributed by atoms with van der Waals surface area (Å²) in [5.74, 6) is -0.437. The quantitative estimate of drug-likeness (QED) is 0.784. The molecule has 0 radical (unpaired) electrons. The number of nitrogens with one attached hydrogen (secondary N) is 2. The molecule has 2 N–H and O–H groups in total. The number of carbonyl (C=O) groups excluding carboxylic acids is 2. The third-order valence-electron chi connectivity index (χ3n) is 5.49. The standard InChI is InChI=1S/C20H27N3O4S/c1-14-7-9-16(10-8-14)28(26,27)23-12-11-21-20(25)18(23)13-19(24)22-17-6-4-3-5-15(17)2/h7-12,15,17-18H,3-6,13H2,1-2H3,(H,21,25)(H,22,24)/t15-,17+,18-/m1/s1. The third kappa shape index (κ3) is 4.38. The summed E-state index contributed by atoms with van der Waals surface area (Å²) in [5.41, 5.74) is 0.934. The van der Waals surface area contributed by atoms with E-state index in [1.54, 1.807) is 12.1 Å². The zero-order valence-corrected chi connectivity index (χ0v) is 17.0. The minimum absolute atomic E-state index is 0.0746. The van der Waals surface area contributed by atoms with E-state index in [1.165, 1.54) is 24.5 Å². The molecule has 2 amide bonds. The van der Waals surface area contributed by atoms with E-state index in [-0.39, 0.29) is 23.3 Å². The largest absolute Gasteiger partial charge is 0.353 e. The molecule has 3 rings (SSSR count). The summed E-state index contributed by atoms with van der Waals surface area (Å²) in [6, 6.07) is 5.37. The number of hydrogen-bond acceptors (Lipinski definition) is 4. The number of aryl methyl sites for hydroxylation is 1. The smallest absolute Gasteiger partial charge is 0.264 e. The maximum atomic E-state index is 13.0. The first kappa shape index (κ1) is 20.4. The molecule has 152 valence electrons. The van der Waals surface area contributed by atoms with E-state index in [0.717, 1.165) is 35.6 Å². The molecule has 8 heteroatoms. The molecule has 1 heterocycles. The molecule has 1 fully saturated rings. The fourth-order valence-corrected chi connectivity index (χ4v) is 5.19. The highest BCUT2D eigenvalue weighted by atomic mass is 32.2. The highest BCUT2D eigenvalue weighted by Crippen LogP contribution is 2.25. The Kier molecular flexibility index (Phi) is 6.07. The van der Waals surface area contributed by atoms with Crippen molar-refractivity contribution >= 4 is 21.8 Å². The predicted molar refractivity (Wildman–Crippen MR) is 105 cm³/mol. The Morgan fingerprint density at radius 1 is 1.21 bits per heavy atom. The fraction of sp³-hybridized carbons (Fsp3) is 0.500. The van der Waals surface area contributed by atoms with Crippen LogP contribution in [0.3, 0.4) is 0 Å².